The van der Waals surface area contributed by atoms with Crippen LogP contribution in [0.3, 0.4) is 0 Å². The molecule has 1 unspecified atom stereocenters. The van der Waals surface area contributed by atoms with Crippen molar-refractivity contribution in [3.63, 3.8) is 0 Å². The molecule has 1 atom stereocenters. The lowest BCUT2D eigenvalue weighted by atomic mass is 9.96. The number of amides is 2. The van der Waals surface area contributed by atoms with Crippen molar-refractivity contribution < 1.29 is 32.7 Å². The van der Waals surface area contributed by atoms with E-state index in [0.717, 1.165) is 30.5 Å². The van der Waals surface area contributed by atoms with Gasteiger partial charge >= 0.3 is 18.1 Å². The van der Waals surface area contributed by atoms with E-state index in [0.29, 0.717) is 26.6 Å². The first-order valence-electron chi connectivity index (χ1n) is 12.9. The average molecular weight is 698 g/mol. The first-order valence-corrected chi connectivity index (χ1v) is 14.5. The van der Waals surface area contributed by atoms with Crippen LogP contribution in [0.25, 0.3) is 0 Å². The molecule has 0 aliphatic heterocycles. The minimum atomic E-state index is -4.54. The smallest absolute Gasteiger partial charge is 0.416 e. The summed E-state index contributed by atoms with van der Waals surface area (Å²) in [5.41, 5.74) is 2.56. The van der Waals surface area contributed by atoms with E-state index in [-0.39, 0.29) is 17.9 Å². The number of unbranched alkanes of at least 4 members (excludes halogenated alkanes) is 2. The fraction of sp³-hybridized carbons (Fsp3) is 0.300. The summed E-state index contributed by atoms with van der Waals surface area (Å²) in [5, 5.41) is 14.3. The SMILES string of the molecule is CCCCCc1ccc(CNC(=O)c2cc(Br)c(CC(NC(=O)C(=O)O)c3ccc(C(F)(F)F)cc3)c(Br)c2)cc1. The van der Waals surface area contributed by atoms with Gasteiger partial charge in [0.15, 0.2) is 0 Å². The van der Waals surface area contributed by atoms with Gasteiger partial charge < -0.3 is 15.7 Å². The number of alkyl halides is 3. The number of aliphatic carboxylic acids is 1. The van der Waals surface area contributed by atoms with E-state index >= 15 is 0 Å². The number of carbonyl (C=O) groups excluding carboxylic acids is 2. The third-order valence-corrected chi connectivity index (χ3v) is 7.91. The maximum absolute atomic E-state index is 13.0. The van der Waals surface area contributed by atoms with Gasteiger partial charge in [0, 0.05) is 21.1 Å². The second-order valence-electron chi connectivity index (χ2n) is 9.53. The number of carboxylic acid groups (broad SMARTS) is 1. The van der Waals surface area contributed by atoms with Crippen LogP contribution in [0.15, 0.2) is 69.6 Å². The predicted molar refractivity (Wildman–Crippen MR) is 156 cm³/mol. The molecular formula is C30H29Br2F3N2O4. The number of carbonyl (C=O) groups is 3. The van der Waals surface area contributed by atoms with Crippen LogP contribution in [0, 0.1) is 0 Å². The van der Waals surface area contributed by atoms with Crippen molar-refractivity contribution in [1.82, 2.24) is 10.6 Å². The summed E-state index contributed by atoms with van der Waals surface area (Å²) in [6, 6.07) is 14.5. The van der Waals surface area contributed by atoms with Crippen molar-refractivity contribution in [2.75, 3.05) is 0 Å². The van der Waals surface area contributed by atoms with E-state index in [1.165, 1.54) is 30.5 Å². The Morgan fingerprint density at radius 1 is 0.902 bits per heavy atom. The number of hydrogen-bond acceptors (Lipinski definition) is 3. The van der Waals surface area contributed by atoms with Crippen LogP contribution in [0.1, 0.15) is 70.4 Å². The lowest BCUT2D eigenvalue weighted by Crippen LogP contribution is -2.35. The number of hydrogen-bond donors (Lipinski definition) is 3. The molecular weight excluding hydrogens is 669 g/mol. The molecule has 3 N–H and O–H groups in total. The molecule has 6 nitrogen and oxygen atoms in total. The van der Waals surface area contributed by atoms with E-state index in [1.54, 1.807) is 12.1 Å². The Morgan fingerprint density at radius 3 is 2.02 bits per heavy atom. The van der Waals surface area contributed by atoms with E-state index in [4.69, 9.17) is 5.11 Å². The molecule has 0 spiro atoms. The summed E-state index contributed by atoms with van der Waals surface area (Å²) < 4.78 is 40.0. The van der Waals surface area contributed by atoms with Gasteiger partial charge in [-0.15, -0.1) is 0 Å². The zero-order valence-electron chi connectivity index (χ0n) is 22.2. The second kappa shape index (κ2) is 14.6. The Kier molecular flexibility index (Phi) is 11.5. The van der Waals surface area contributed by atoms with E-state index in [2.05, 4.69) is 61.5 Å². The molecule has 3 rings (SSSR count). The van der Waals surface area contributed by atoms with Gasteiger partial charge in [0.05, 0.1) is 11.6 Å². The number of nitrogens with one attached hydrogen (secondary N) is 2. The van der Waals surface area contributed by atoms with Gasteiger partial charge in [-0.1, -0.05) is 88.0 Å². The van der Waals surface area contributed by atoms with Crippen LogP contribution in [-0.4, -0.2) is 22.9 Å². The van der Waals surface area contributed by atoms with Crippen LogP contribution >= 0.6 is 31.9 Å². The highest BCUT2D eigenvalue weighted by atomic mass is 79.9. The van der Waals surface area contributed by atoms with Crippen LogP contribution in [0.4, 0.5) is 13.2 Å². The molecule has 0 saturated carbocycles. The molecule has 0 heterocycles. The Hall–Kier alpha value is -3.18. The molecule has 2 amide bonds. The van der Waals surface area contributed by atoms with Crippen molar-refractivity contribution in [2.45, 2.75) is 57.8 Å². The lowest BCUT2D eigenvalue weighted by molar-refractivity contribution is -0.150. The molecule has 0 fully saturated rings. The molecule has 0 aromatic heterocycles. The first-order chi connectivity index (χ1) is 19.4. The van der Waals surface area contributed by atoms with Gasteiger partial charge in [0.1, 0.15) is 0 Å². The maximum atomic E-state index is 13.0. The quantitative estimate of drug-likeness (QED) is 0.144. The van der Waals surface area contributed by atoms with Gasteiger partial charge in [0.2, 0.25) is 0 Å². The predicted octanol–water partition coefficient (Wildman–Crippen LogP) is 7.38. The highest BCUT2D eigenvalue weighted by molar-refractivity contribution is 9.11. The van der Waals surface area contributed by atoms with Crippen LogP contribution < -0.4 is 10.6 Å². The molecule has 3 aromatic carbocycles. The summed E-state index contributed by atoms with van der Waals surface area (Å²) >= 11 is 6.88. The van der Waals surface area contributed by atoms with E-state index in [1.807, 2.05) is 12.1 Å². The molecule has 41 heavy (non-hydrogen) atoms. The largest absolute Gasteiger partial charge is 0.474 e. The van der Waals surface area contributed by atoms with Crippen molar-refractivity contribution in [2.24, 2.45) is 0 Å². The van der Waals surface area contributed by atoms with Gasteiger partial charge in [-0.05, 0) is 65.8 Å². The topological polar surface area (TPSA) is 95.5 Å². The number of rotatable bonds is 11. The fourth-order valence-corrected chi connectivity index (χ4v) is 5.71. The highest BCUT2D eigenvalue weighted by Crippen LogP contribution is 2.34. The summed E-state index contributed by atoms with van der Waals surface area (Å²) in [5.74, 6) is -3.34. The van der Waals surface area contributed by atoms with Crippen LogP contribution in [-0.2, 0) is 35.2 Å². The molecule has 0 aliphatic carbocycles. The van der Waals surface area contributed by atoms with Gasteiger partial charge in [-0.25, -0.2) is 4.79 Å². The average Bonchev–Trinajstić information content (AvgIpc) is 2.93. The molecule has 11 heteroatoms. The summed E-state index contributed by atoms with van der Waals surface area (Å²) in [4.78, 5) is 36.0. The molecule has 0 aliphatic rings. The van der Waals surface area contributed by atoms with Crippen LogP contribution in [0.2, 0.25) is 0 Å². The van der Waals surface area contributed by atoms with E-state index in [9.17, 15) is 27.6 Å². The molecule has 0 radical (unpaired) electrons. The van der Waals surface area contributed by atoms with E-state index < -0.39 is 29.7 Å². The zero-order chi connectivity index (χ0) is 30.2. The Balaban J connectivity index is 1.74. The molecule has 0 saturated heterocycles. The van der Waals surface area contributed by atoms with Crippen molar-refractivity contribution in [3.8, 4) is 0 Å². The molecule has 218 valence electrons. The van der Waals surface area contributed by atoms with Gasteiger partial charge in [-0.3, -0.25) is 9.59 Å². The summed E-state index contributed by atoms with van der Waals surface area (Å²) in [7, 11) is 0. The van der Waals surface area contributed by atoms with Crippen molar-refractivity contribution in [1.29, 1.82) is 0 Å². The zero-order valence-corrected chi connectivity index (χ0v) is 25.3. The normalized spacial score (nSPS) is 12.0. The first kappa shape index (κ1) is 32.3. The lowest BCUT2D eigenvalue weighted by Gasteiger charge is -2.21. The monoisotopic (exact) mass is 696 g/mol. The second-order valence-corrected chi connectivity index (χ2v) is 11.2. The highest BCUT2D eigenvalue weighted by Gasteiger charge is 2.31. The van der Waals surface area contributed by atoms with Crippen molar-refractivity contribution in [3.05, 3.63) is 103 Å². The van der Waals surface area contributed by atoms with Crippen molar-refractivity contribution >= 4 is 49.6 Å². The minimum absolute atomic E-state index is 0.0258. The molecule has 0 bridgehead atoms. The minimum Gasteiger partial charge on any atom is -0.474 e. The number of halogens is 5. The fourth-order valence-electron chi connectivity index (χ4n) is 4.20. The van der Waals surface area contributed by atoms with Gasteiger partial charge in [0.25, 0.3) is 5.91 Å². The Labute approximate surface area is 253 Å². The number of carboxylic acids is 1. The number of benzene rings is 3. The summed E-state index contributed by atoms with van der Waals surface area (Å²) in [6.07, 6.45) is 0.00123. The van der Waals surface area contributed by atoms with Gasteiger partial charge in [-0.2, -0.15) is 13.2 Å². The third kappa shape index (κ3) is 9.43. The Morgan fingerprint density at radius 2 is 1.49 bits per heavy atom. The molecule has 3 aromatic rings. The Bertz CT molecular complexity index is 1350. The standard InChI is InChI=1S/C30H29Br2F3N2O4/c1-2-3-4-5-18-6-8-19(9-7-18)17-36-27(38)21-14-24(31)23(25(32)15-21)16-26(37-28(39)29(40)41)20-10-12-22(13-11-20)30(33,34)35/h6-15,26H,2-5,16-17H2,1H3,(H,36,38)(H,37,39)(H,40,41). The summed E-state index contributed by atoms with van der Waals surface area (Å²) in [6.45, 7) is 2.50. The maximum Gasteiger partial charge on any atom is 0.416 e. The number of aryl methyl sites for hydroxylation is 1. The third-order valence-electron chi connectivity index (χ3n) is 6.50. The van der Waals surface area contributed by atoms with Crippen LogP contribution in [0.5, 0.6) is 0 Å².